The van der Waals surface area contributed by atoms with Crippen molar-refractivity contribution in [3.63, 3.8) is 0 Å². The van der Waals surface area contributed by atoms with E-state index in [1.807, 2.05) is 0 Å². The van der Waals surface area contributed by atoms with Crippen LogP contribution in [0.2, 0.25) is 0 Å². The Labute approximate surface area is 87.4 Å². The molecule has 0 aliphatic carbocycles. The minimum Gasteiger partial charge on any atom is -0.363 e. The van der Waals surface area contributed by atoms with Crippen LogP contribution in [0.1, 0.15) is 12.8 Å². The molecule has 1 aromatic heterocycles. The summed E-state index contributed by atoms with van der Waals surface area (Å²) in [6, 6.07) is 0. The topological polar surface area (TPSA) is 99.0 Å². The summed E-state index contributed by atoms with van der Waals surface area (Å²) in [6.45, 7) is 1.28. The van der Waals surface area contributed by atoms with Gasteiger partial charge in [0.2, 0.25) is 5.82 Å². The first-order valence-electron chi connectivity index (χ1n) is 4.77. The van der Waals surface area contributed by atoms with Gasteiger partial charge in [-0.3, -0.25) is 14.8 Å². The quantitative estimate of drug-likeness (QED) is 0.406. The van der Waals surface area contributed by atoms with E-state index < -0.39 is 4.92 Å². The van der Waals surface area contributed by atoms with Gasteiger partial charge >= 0.3 is 5.69 Å². The average molecular weight is 213 g/mol. The Bertz CT molecular complexity index is 336. The van der Waals surface area contributed by atoms with E-state index in [4.69, 9.17) is 5.73 Å². The van der Waals surface area contributed by atoms with Gasteiger partial charge in [0, 0.05) is 13.6 Å². The zero-order valence-corrected chi connectivity index (χ0v) is 8.64. The van der Waals surface area contributed by atoms with Crippen molar-refractivity contribution < 1.29 is 4.92 Å². The minimum atomic E-state index is -0.446. The minimum absolute atomic E-state index is 0.00486. The molecular formula is C8H15N5O2. The maximum atomic E-state index is 10.6. The maximum absolute atomic E-state index is 10.6. The van der Waals surface area contributed by atoms with Crippen LogP contribution in [0, 0.1) is 10.1 Å². The second-order valence-electron chi connectivity index (χ2n) is 3.22. The average Bonchev–Trinajstić information content (AvgIpc) is 2.55. The number of aromatic nitrogens is 2. The Morgan fingerprint density at radius 1 is 1.67 bits per heavy atom. The molecule has 0 bridgehead atoms. The van der Waals surface area contributed by atoms with Gasteiger partial charge in [-0.2, -0.15) is 0 Å². The van der Waals surface area contributed by atoms with Crippen LogP contribution in [0.5, 0.6) is 0 Å². The molecule has 0 radical (unpaired) electrons. The fourth-order valence-electron chi connectivity index (χ4n) is 1.21. The maximum Gasteiger partial charge on any atom is 0.330 e. The van der Waals surface area contributed by atoms with E-state index in [1.54, 1.807) is 7.05 Å². The van der Waals surface area contributed by atoms with Crippen LogP contribution in [-0.4, -0.2) is 27.8 Å². The molecule has 1 aromatic rings. The Morgan fingerprint density at radius 2 is 2.40 bits per heavy atom. The third-order valence-corrected chi connectivity index (χ3v) is 1.93. The molecule has 3 N–H and O–H groups in total. The summed E-state index contributed by atoms with van der Waals surface area (Å²) in [7, 11) is 1.65. The highest BCUT2D eigenvalue weighted by Crippen LogP contribution is 2.21. The number of unbranched alkanes of at least 4 members (excludes halogenated alkanes) is 1. The second kappa shape index (κ2) is 5.30. The lowest BCUT2D eigenvalue weighted by Crippen LogP contribution is -2.07. The predicted molar refractivity (Wildman–Crippen MR) is 56.6 cm³/mol. The highest BCUT2D eigenvalue weighted by Gasteiger charge is 2.17. The van der Waals surface area contributed by atoms with E-state index in [9.17, 15) is 10.1 Å². The monoisotopic (exact) mass is 213 g/mol. The number of nitrogens with zero attached hydrogens (tertiary/aromatic N) is 3. The van der Waals surface area contributed by atoms with Gasteiger partial charge in [0.25, 0.3) is 0 Å². The number of nitro groups is 1. The van der Waals surface area contributed by atoms with E-state index in [2.05, 4.69) is 10.4 Å². The number of hydrogen-bond acceptors (Lipinski definition) is 5. The molecule has 0 aromatic carbocycles. The molecule has 0 saturated carbocycles. The van der Waals surface area contributed by atoms with Gasteiger partial charge in [0.15, 0.2) is 0 Å². The molecule has 0 spiro atoms. The highest BCUT2D eigenvalue weighted by molar-refractivity contribution is 5.54. The number of hydrogen-bond donors (Lipinski definition) is 2. The van der Waals surface area contributed by atoms with Gasteiger partial charge in [-0.25, -0.2) is 0 Å². The van der Waals surface area contributed by atoms with Crippen molar-refractivity contribution in [2.75, 3.05) is 18.4 Å². The summed E-state index contributed by atoms with van der Waals surface area (Å²) in [5, 5.41) is 17.5. The lowest BCUT2D eigenvalue weighted by molar-refractivity contribution is -0.384. The van der Waals surface area contributed by atoms with Gasteiger partial charge < -0.3 is 11.1 Å². The van der Waals surface area contributed by atoms with Gasteiger partial charge in [-0.05, 0) is 19.4 Å². The van der Waals surface area contributed by atoms with E-state index >= 15 is 0 Å². The highest BCUT2D eigenvalue weighted by atomic mass is 16.6. The van der Waals surface area contributed by atoms with Gasteiger partial charge in [0.05, 0.1) is 4.92 Å². The Balaban J connectivity index is 2.55. The molecular weight excluding hydrogens is 198 g/mol. The van der Waals surface area contributed by atoms with Crippen molar-refractivity contribution in [1.29, 1.82) is 0 Å². The molecule has 0 aliphatic rings. The Kier molecular flexibility index (Phi) is 4.04. The lowest BCUT2D eigenvalue weighted by atomic mass is 10.3. The summed E-state index contributed by atoms with van der Waals surface area (Å²) >= 11 is 0. The van der Waals surface area contributed by atoms with E-state index in [0.29, 0.717) is 18.9 Å². The van der Waals surface area contributed by atoms with Crippen LogP contribution in [0.4, 0.5) is 11.5 Å². The zero-order valence-electron chi connectivity index (χ0n) is 8.64. The van der Waals surface area contributed by atoms with E-state index in [0.717, 1.165) is 12.8 Å². The van der Waals surface area contributed by atoms with Gasteiger partial charge in [0.1, 0.15) is 6.20 Å². The van der Waals surface area contributed by atoms with Crippen molar-refractivity contribution in [3.05, 3.63) is 16.3 Å². The molecule has 1 heterocycles. The van der Waals surface area contributed by atoms with Crippen LogP contribution in [-0.2, 0) is 7.05 Å². The molecule has 7 heteroatoms. The number of nitrogens with two attached hydrogens (primary N) is 1. The normalized spacial score (nSPS) is 10.3. The van der Waals surface area contributed by atoms with Crippen molar-refractivity contribution in [2.45, 2.75) is 12.8 Å². The Hall–Kier alpha value is -1.63. The zero-order chi connectivity index (χ0) is 11.3. The van der Waals surface area contributed by atoms with Crippen LogP contribution < -0.4 is 11.1 Å². The summed E-state index contributed by atoms with van der Waals surface area (Å²) < 4.78 is 1.42. The molecule has 0 unspecified atom stereocenters. The van der Waals surface area contributed by atoms with Gasteiger partial charge in [-0.1, -0.05) is 0 Å². The number of aryl methyl sites for hydroxylation is 1. The predicted octanol–water partition coefficient (Wildman–Crippen LogP) is 0.479. The van der Waals surface area contributed by atoms with Crippen molar-refractivity contribution >= 4 is 11.5 Å². The molecule has 7 nitrogen and oxygen atoms in total. The number of nitrogens with one attached hydrogen (secondary N) is 1. The van der Waals surface area contributed by atoms with E-state index in [1.165, 1.54) is 10.9 Å². The molecule has 84 valence electrons. The molecule has 15 heavy (non-hydrogen) atoms. The number of anilines is 1. The summed E-state index contributed by atoms with van der Waals surface area (Å²) in [6.07, 6.45) is 3.16. The van der Waals surface area contributed by atoms with E-state index in [-0.39, 0.29) is 5.69 Å². The standard InChI is InChI=1S/C8H15N5O2/c1-12-6-7(13(14)15)8(11-12)10-5-3-2-4-9/h6H,2-5,9H2,1H3,(H,10,11). The largest absolute Gasteiger partial charge is 0.363 e. The smallest absolute Gasteiger partial charge is 0.330 e. The first-order chi connectivity index (χ1) is 7.15. The third-order valence-electron chi connectivity index (χ3n) is 1.93. The van der Waals surface area contributed by atoms with Gasteiger partial charge in [-0.15, -0.1) is 5.10 Å². The van der Waals surface area contributed by atoms with Crippen LogP contribution in [0.15, 0.2) is 6.20 Å². The number of rotatable bonds is 6. The first kappa shape index (κ1) is 11.4. The summed E-state index contributed by atoms with van der Waals surface area (Å²) in [4.78, 5) is 10.2. The lowest BCUT2D eigenvalue weighted by Gasteiger charge is -2.00. The molecule has 1 rings (SSSR count). The van der Waals surface area contributed by atoms with Crippen LogP contribution in [0.25, 0.3) is 0 Å². The first-order valence-corrected chi connectivity index (χ1v) is 4.77. The SMILES string of the molecule is Cn1cc([N+](=O)[O-])c(NCCCCN)n1. The third kappa shape index (κ3) is 3.21. The second-order valence-corrected chi connectivity index (χ2v) is 3.22. The molecule has 0 aliphatic heterocycles. The molecule has 0 amide bonds. The van der Waals surface area contributed by atoms with Crippen molar-refractivity contribution in [1.82, 2.24) is 9.78 Å². The Morgan fingerprint density at radius 3 is 3.00 bits per heavy atom. The molecule has 0 atom stereocenters. The molecule has 0 saturated heterocycles. The van der Waals surface area contributed by atoms with Crippen molar-refractivity contribution in [3.8, 4) is 0 Å². The molecule has 0 fully saturated rings. The summed E-state index contributed by atoms with van der Waals surface area (Å²) in [5.74, 6) is 0.319. The fourth-order valence-corrected chi connectivity index (χ4v) is 1.21. The van der Waals surface area contributed by atoms with Crippen molar-refractivity contribution in [2.24, 2.45) is 12.8 Å². The van der Waals surface area contributed by atoms with Crippen LogP contribution >= 0.6 is 0 Å². The van der Waals surface area contributed by atoms with Crippen LogP contribution in [0.3, 0.4) is 0 Å². The summed E-state index contributed by atoms with van der Waals surface area (Å²) in [5.41, 5.74) is 5.34. The fraction of sp³-hybridized carbons (Fsp3) is 0.625.